The van der Waals surface area contributed by atoms with Crippen molar-refractivity contribution in [2.45, 2.75) is 27.7 Å². The predicted octanol–water partition coefficient (Wildman–Crippen LogP) is 2.81. The van der Waals surface area contributed by atoms with Gasteiger partial charge in [-0.3, -0.25) is 4.79 Å². The molecule has 1 aliphatic carbocycles. The van der Waals surface area contributed by atoms with Gasteiger partial charge in [-0.15, -0.1) is 0 Å². The molecule has 1 aliphatic rings. The molecule has 1 aromatic rings. The highest BCUT2D eigenvalue weighted by Crippen LogP contribution is 2.67. The summed E-state index contributed by atoms with van der Waals surface area (Å²) in [6.45, 7) is 9.48. The van der Waals surface area contributed by atoms with Gasteiger partial charge >= 0.3 is 0 Å². The normalized spacial score (nSPS) is 19.4. The number of amides is 1. The molecule has 0 bridgehead atoms. The fraction of sp³-hybridized carbons (Fsp3) is 0.562. The van der Waals surface area contributed by atoms with Gasteiger partial charge in [0, 0.05) is 6.54 Å². The average Bonchev–Trinajstić information content (AvgIpc) is 2.77. The number of rotatable bonds is 4. The second-order valence-corrected chi connectivity index (χ2v) is 6.59. The largest absolute Gasteiger partial charge is 0.507 e. The molecule has 0 spiro atoms. The topological polar surface area (TPSA) is 58.6 Å². The molecular formula is C16H23NO3. The van der Waals surface area contributed by atoms with E-state index in [9.17, 15) is 9.90 Å². The minimum absolute atomic E-state index is 0.0300. The maximum atomic E-state index is 12.2. The van der Waals surface area contributed by atoms with E-state index in [1.54, 1.807) is 12.1 Å². The van der Waals surface area contributed by atoms with Crippen molar-refractivity contribution in [1.82, 2.24) is 5.32 Å². The SMILES string of the molecule is COc1ccc(O)c(C(=O)NCC2C(C)(C)C2(C)C)c1. The number of ether oxygens (including phenoxy) is 1. The zero-order chi connectivity index (χ0) is 15.1. The van der Waals surface area contributed by atoms with Gasteiger partial charge < -0.3 is 15.2 Å². The molecule has 1 saturated carbocycles. The van der Waals surface area contributed by atoms with E-state index in [0.717, 1.165) is 0 Å². The maximum Gasteiger partial charge on any atom is 0.255 e. The van der Waals surface area contributed by atoms with Crippen LogP contribution in [0.2, 0.25) is 0 Å². The van der Waals surface area contributed by atoms with Crippen molar-refractivity contribution in [2.75, 3.05) is 13.7 Å². The van der Waals surface area contributed by atoms with Gasteiger partial charge in [-0.25, -0.2) is 0 Å². The van der Waals surface area contributed by atoms with E-state index in [0.29, 0.717) is 18.2 Å². The van der Waals surface area contributed by atoms with E-state index in [-0.39, 0.29) is 28.1 Å². The van der Waals surface area contributed by atoms with Crippen LogP contribution < -0.4 is 10.1 Å². The van der Waals surface area contributed by atoms with Crippen molar-refractivity contribution < 1.29 is 14.6 Å². The summed E-state index contributed by atoms with van der Waals surface area (Å²) in [5.74, 6) is 0.712. The first-order valence-electron chi connectivity index (χ1n) is 6.87. The Balaban J connectivity index is 2.03. The number of phenolic OH excluding ortho intramolecular Hbond substituents is 1. The Kier molecular flexibility index (Phi) is 3.44. The highest BCUT2D eigenvalue weighted by atomic mass is 16.5. The van der Waals surface area contributed by atoms with E-state index in [1.807, 2.05) is 0 Å². The summed E-state index contributed by atoms with van der Waals surface area (Å²) in [5.41, 5.74) is 0.716. The van der Waals surface area contributed by atoms with Gasteiger partial charge in [-0.05, 0) is 34.9 Å². The lowest BCUT2D eigenvalue weighted by Gasteiger charge is -2.09. The van der Waals surface area contributed by atoms with Crippen LogP contribution >= 0.6 is 0 Å². The smallest absolute Gasteiger partial charge is 0.255 e. The van der Waals surface area contributed by atoms with E-state index < -0.39 is 0 Å². The van der Waals surface area contributed by atoms with Crippen molar-refractivity contribution >= 4 is 5.91 Å². The summed E-state index contributed by atoms with van der Waals surface area (Å²) in [7, 11) is 1.53. The monoisotopic (exact) mass is 277 g/mol. The van der Waals surface area contributed by atoms with Crippen molar-refractivity contribution in [3.63, 3.8) is 0 Å². The zero-order valence-electron chi connectivity index (χ0n) is 12.8. The highest BCUT2D eigenvalue weighted by molar-refractivity contribution is 5.97. The van der Waals surface area contributed by atoms with E-state index in [2.05, 4.69) is 33.0 Å². The lowest BCUT2D eigenvalue weighted by atomic mass is 10.0. The Morgan fingerprint density at radius 1 is 1.30 bits per heavy atom. The number of phenols is 1. The van der Waals surface area contributed by atoms with Gasteiger partial charge in [0.25, 0.3) is 5.91 Å². The molecule has 0 unspecified atom stereocenters. The summed E-state index contributed by atoms with van der Waals surface area (Å²) in [6.07, 6.45) is 0. The molecule has 110 valence electrons. The molecule has 0 aromatic heterocycles. The minimum Gasteiger partial charge on any atom is -0.507 e. The lowest BCUT2D eigenvalue weighted by molar-refractivity contribution is 0.0947. The minimum atomic E-state index is -0.264. The Bertz CT molecular complexity index is 521. The molecule has 4 heteroatoms. The number of carbonyl (C=O) groups is 1. The number of nitrogens with one attached hydrogen (secondary N) is 1. The van der Waals surface area contributed by atoms with Crippen molar-refractivity contribution in [2.24, 2.45) is 16.7 Å². The molecule has 2 rings (SSSR count). The highest BCUT2D eigenvalue weighted by Gasteiger charge is 2.64. The molecule has 0 atom stereocenters. The number of carbonyl (C=O) groups excluding carboxylic acids is 1. The van der Waals surface area contributed by atoms with Gasteiger partial charge in [0.2, 0.25) is 0 Å². The first kappa shape index (κ1) is 14.7. The summed E-state index contributed by atoms with van der Waals surface area (Å²) >= 11 is 0. The summed E-state index contributed by atoms with van der Waals surface area (Å²) in [6, 6.07) is 4.64. The molecule has 1 aromatic carbocycles. The second-order valence-electron chi connectivity index (χ2n) is 6.59. The van der Waals surface area contributed by atoms with Crippen molar-refractivity contribution in [3.05, 3.63) is 23.8 Å². The number of methoxy groups -OCH3 is 1. The average molecular weight is 277 g/mol. The van der Waals surface area contributed by atoms with Gasteiger partial charge in [0.1, 0.15) is 11.5 Å². The fourth-order valence-corrected chi connectivity index (χ4v) is 2.96. The van der Waals surface area contributed by atoms with Gasteiger partial charge in [-0.1, -0.05) is 27.7 Å². The number of benzene rings is 1. The Labute approximate surface area is 120 Å². The molecule has 0 radical (unpaired) electrons. The van der Waals surface area contributed by atoms with Gasteiger partial charge in [0.15, 0.2) is 0 Å². The quantitative estimate of drug-likeness (QED) is 0.889. The zero-order valence-corrected chi connectivity index (χ0v) is 12.8. The predicted molar refractivity (Wildman–Crippen MR) is 78.0 cm³/mol. The van der Waals surface area contributed by atoms with Gasteiger partial charge in [-0.2, -0.15) is 0 Å². The Hall–Kier alpha value is -1.71. The first-order chi connectivity index (χ1) is 9.21. The van der Waals surface area contributed by atoms with Crippen LogP contribution in [0.1, 0.15) is 38.1 Å². The van der Waals surface area contributed by atoms with Crippen LogP contribution in [0.15, 0.2) is 18.2 Å². The van der Waals surface area contributed by atoms with Crippen LogP contribution in [0.5, 0.6) is 11.5 Å². The number of aromatic hydroxyl groups is 1. The van der Waals surface area contributed by atoms with Crippen LogP contribution in [0, 0.1) is 16.7 Å². The Morgan fingerprint density at radius 2 is 1.90 bits per heavy atom. The third-order valence-corrected chi connectivity index (χ3v) is 5.23. The van der Waals surface area contributed by atoms with Crippen LogP contribution in [-0.4, -0.2) is 24.7 Å². The van der Waals surface area contributed by atoms with E-state index >= 15 is 0 Å². The van der Waals surface area contributed by atoms with Crippen LogP contribution in [0.4, 0.5) is 0 Å². The molecule has 20 heavy (non-hydrogen) atoms. The third kappa shape index (κ3) is 2.23. The molecule has 1 fully saturated rings. The first-order valence-corrected chi connectivity index (χ1v) is 6.87. The number of hydrogen-bond donors (Lipinski definition) is 2. The third-order valence-electron chi connectivity index (χ3n) is 5.23. The molecule has 0 heterocycles. The maximum absolute atomic E-state index is 12.2. The lowest BCUT2D eigenvalue weighted by Crippen LogP contribution is -2.27. The van der Waals surface area contributed by atoms with Crippen LogP contribution in [0.3, 0.4) is 0 Å². The van der Waals surface area contributed by atoms with Crippen LogP contribution in [-0.2, 0) is 0 Å². The Morgan fingerprint density at radius 3 is 2.40 bits per heavy atom. The van der Waals surface area contributed by atoms with Crippen molar-refractivity contribution in [3.8, 4) is 11.5 Å². The second kappa shape index (κ2) is 4.69. The summed E-state index contributed by atoms with van der Waals surface area (Å²) in [5, 5.41) is 12.7. The van der Waals surface area contributed by atoms with Crippen LogP contribution in [0.25, 0.3) is 0 Å². The molecule has 1 amide bonds. The molecule has 2 N–H and O–H groups in total. The van der Waals surface area contributed by atoms with Crippen molar-refractivity contribution in [1.29, 1.82) is 0 Å². The number of hydrogen-bond acceptors (Lipinski definition) is 3. The molecular weight excluding hydrogens is 254 g/mol. The van der Waals surface area contributed by atoms with E-state index in [4.69, 9.17) is 4.74 Å². The summed E-state index contributed by atoms with van der Waals surface area (Å²) < 4.78 is 5.07. The molecule has 0 saturated heterocycles. The van der Waals surface area contributed by atoms with E-state index in [1.165, 1.54) is 13.2 Å². The standard InChI is InChI=1S/C16H23NO3/c1-15(2)13(16(15,3)4)9-17-14(19)11-8-10(20-5)6-7-12(11)18/h6-8,13,18H,9H2,1-5H3,(H,17,19). The van der Waals surface area contributed by atoms with Gasteiger partial charge in [0.05, 0.1) is 12.7 Å². The molecule has 4 nitrogen and oxygen atoms in total. The molecule has 0 aliphatic heterocycles. The summed E-state index contributed by atoms with van der Waals surface area (Å²) in [4.78, 5) is 12.2. The fourth-order valence-electron chi connectivity index (χ4n) is 2.96.